The number of carbonyl (C=O) groups is 2. The predicted molar refractivity (Wildman–Crippen MR) is 116 cm³/mol. The fourth-order valence-electron chi connectivity index (χ4n) is 3.72. The van der Waals surface area contributed by atoms with E-state index in [0.29, 0.717) is 33.2 Å². The Morgan fingerprint density at radius 3 is 2.55 bits per heavy atom. The van der Waals surface area contributed by atoms with Gasteiger partial charge < -0.3 is 4.74 Å². The van der Waals surface area contributed by atoms with Gasteiger partial charge >= 0.3 is 17.2 Å². The van der Waals surface area contributed by atoms with Crippen LogP contribution in [0.4, 0.5) is 5.69 Å². The minimum Gasteiger partial charge on any atom is -0.465 e. The highest BCUT2D eigenvalue weighted by molar-refractivity contribution is 7.99. The molecular formula is C22H21N4O4S+. The molecule has 9 heteroatoms. The van der Waals surface area contributed by atoms with Crippen LogP contribution in [0.2, 0.25) is 0 Å². The van der Waals surface area contributed by atoms with E-state index in [-0.39, 0.29) is 11.5 Å². The molecule has 0 saturated carbocycles. The van der Waals surface area contributed by atoms with Crippen molar-refractivity contribution in [1.82, 2.24) is 10.1 Å². The van der Waals surface area contributed by atoms with Crippen molar-refractivity contribution in [1.29, 1.82) is 0 Å². The molecule has 0 saturated heterocycles. The Balaban J connectivity index is 1.98. The largest absolute Gasteiger partial charge is 0.465 e. The van der Waals surface area contributed by atoms with Gasteiger partial charge in [-0.25, -0.2) is 9.69 Å². The van der Waals surface area contributed by atoms with Crippen LogP contribution in [0.1, 0.15) is 35.9 Å². The lowest BCUT2D eigenvalue weighted by molar-refractivity contribution is -0.763. The van der Waals surface area contributed by atoms with E-state index in [4.69, 9.17) is 4.74 Å². The Morgan fingerprint density at radius 1 is 1.19 bits per heavy atom. The molecule has 2 heterocycles. The molecule has 0 radical (unpaired) electrons. The van der Waals surface area contributed by atoms with Crippen LogP contribution in [0.15, 0.2) is 58.5 Å². The summed E-state index contributed by atoms with van der Waals surface area (Å²) in [6.07, 6.45) is -0.687. The molecule has 0 bridgehead atoms. The number of carbonyl (C=O) groups excluding carboxylic acids is 2. The molecule has 3 aromatic rings. The lowest BCUT2D eigenvalue weighted by Crippen LogP contribution is -2.60. The molecule has 0 unspecified atom stereocenters. The van der Waals surface area contributed by atoms with Crippen molar-refractivity contribution in [3.05, 3.63) is 70.0 Å². The van der Waals surface area contributed by atoms with Gasteiger partial charge in [0.15, 0.2) is 0 Å². The summed E-state index contributed by atoms with van der Waals surface area (Å²) in [6, 6.07) is 14.0. The SMILES string of the molecule is CCSc1n[n+]2c(c(=O)[nH]1)-c1ccccc1N(C(C)=O)[C@@H]2c1ccc(C(=O)OC)cc1. The average Bonchev–Trinajstić information content (AvgIpc) is 2.77. The molecule has 4 rings (SSSR count). The molecule has 1 atom stereocenters. The van der Waals surface area contributed by atoms with Crippen molar-refractivity contribution in [2.45, 2.75) is 25.2 Å². The standard InChI is InChI=1S/C22H20N4O4S/c1-4-31-22-23-19(28)18-16-7-5-6-8-17(16)25(13(2)27)20(26(18)24-22)14-9-11-15(12-10-14)21(29)30-3/h5-12,20H,4H2,1-3H3/p+1/t20-/m0/s1. The summed E-state index contributed by atoms with van der Waals surface area (Å²) < 4.78 is 6.36. The van der Waals surface area contributed by atoms with Gasteiger partial charge in [0.05, 0.1) is 23.9 Å². The maximum Gasteiger partial charge on any atom is 0.337 e. The van der Waals surface area contributed by atoms with Crippen LogP contribution in [0.25, 0.3) is 11.3 Å². The molecule has 1 aliphatic rings. The summed E-state index contributed by atoms with van der Waals surface area (Å²) in [6.45, 7) is 3.45. The van der Waals surface area contributed by atoms with Gasteiger partial charge in [-0.2, -0.15) is 0 Å². The number of nitrogens with zero attached hydrogens (tertiary/aromatic N) is 3. The van der Waals surface area contributed by atoms with Crippen molar-refractivity contribution in [3.63, 3.8) is 0 Å². The maximum atomic E-state index is 13.1. The molecule has 0 spiro atoms. The summed E-state index contributed by atoms with van der Waals surface area (Å²) in [4.78, 5) is 42.1. The molecular weight excluding hydrogens is 416 g/mol. The van der Waals surface area contributed by atoms with Crippen LogP contribution in [0.5, 0.6) is 0 Å². The summed E-state index contributed by atoms with van der Waals surface area (Å²) in [5.74, 6) is 0.0842. The number of aromatic amines is 1. The monoisotopic (exact) mass is 437 g/mol. The third kappa shape index (κ3) is 3.61. The Labute approximate surface area is 182 Å². The van der Waals surface area contributed by atoms with Crippen molar-refractivity contribution in [2.24, 2.45) is 0 Å². The molecule has 2 aromatic carbocycles. The number of hydrogen-bond donors (Lipinski definition) is 1. The zero-order valence-electron chi connectivity index (χ0n) is 17.3. The van der Waals surface area contributed by atoms with E-state index in [9.17, 15) is 14.4 Å². The highest BCUT2D eigenvalue weighted by Crippen LogP contribution is 2.37. The number of H-pyrrole nitrogens is 1. The van der Waals surface area contributed by atoms with E-state index in [1.54, 1.807) is 39.9 Å². The molecule has 1 aromatic heterocycles. The van der Waals surface area contributed by atoms with Crippen LogP contribution in [-0.4, -0.2) is 34.8 Å². The second-order valence-electron chi connectivity index (χ2n) is 6.88. The van der Waals surface area contributed by atoms with Gasteiger partial charge in [-0.1, -0.05) is 30.8 Å². The lowest BCUT2D eigenvalue weighted by Gasteiger charge is -2.31. The molecule has 158 valence electrons. The summed E-state index contributed by atoms with van der Waals surface area (Å²) in [5, 5.41) is 5.13. The summed E-state index contributed by atoms with van der Waals surface area (Å²) in [5.41, 5.74) is 2.44. The number of fused-ring (bicyclic) bond motifs is 3. The van der Waals surface area contributed by atoms with Gasteiger partial charge in [0.1, 0.15) is 0 Å². The Bertz CT molecular complexity index is 1220. The minimum absolute atomic E-state index is 0.195. The first kappa shape index (κ1) is 20.8. The predicted octanol–water partition coefficient (Wildman–Crippen LogP) is 2.54. The van der Waals surface area contributed by atoms with Crippen molar-refractivity contribution >= 4 is 29.3 Å². The number of methoxy groups -OCH3 is 1. The molecule has 1 amide bonds. The summed E-state index contributed by atoms with van der Waals surface area (Å²) >= 11 is 1.41. The number of rotatable bonds is 4. The van der Waals surface area contributed by atoms with E-state index in [1.165, 1.54) is 25.8 Å². The molecule has 1 aliphatic heterocycles. The number of ether oxygens (including phenoxy) is 1. The van der Waals surface area contributed by atoms with Crippen molar-refractivity contribution in [2.75, 3.05) is 17.8 Å². The third-order valence-corrected chi connectivity index (χ3v) is 5.75. The first-order valence-electron chi connectivity index (χ1n) is 9.72. The van der Waals surface area contributed by atoms with Gasteiger partial charge in [0, 0.05) is 17.6 Å². The molecule has 0 aliphatic carbocycles. The van der Waals surface area contributed by atoms with Crippen LogP contribution in [-0.2, 0) is 9.53 Å². The number of benzene rings is 2. The Kier molecular flexibility index (Phi) is 5.60. The van der Waals surface area contributed by atoms with Crippen LogP contribution >= 0.6 is 11.8 Å². The normalized spacial score (nSPS) is 14.5. The van der Waals surface area contributed by atoms with Crippen LogP contribution in [0.3, 0.4) is 0 Å². The fraction of sp³-hybridized carbons (Fsp3) is 0.227. The molecule has 0 fully saturated rings. The Morgan fingerprint density at radius 2 is 1.90 bits per heavy atom. The summed E-state index contributed by atoms with van der Waals surface area (Å²) in [7, 11) is 1.32. The quantitative estimate of drug-likeness (QED) is 0.383. The zero-order chi connectivity index (χ0) is 22.1. The van der Waals surface area contributed by atoms with E-state index in [0.717, 1.165) is 5.75 Å². The lowest BCUT2D eigenvalue weighted by atomic mass is 10.0. The number of hydrogen-bond acceptors (Lipinski definition) is 6. The number of amides is 1. The van der Waals surface area contributed by atoms with Gasteiger partial charge in [0.2, 0.25) is 11.1 Å². The van der Waals surface area contributed by atoms with Crippen molar-refractivity contribution < 1.29 is 19.0 Å². The topological polar surface area (TPSA) is 96.2 Å². The fourth-order valence-corrected chi connectivity index (χ4v) is 4.31. The van der Waals surface area contributed by atoms with E-state index in [1.807, 2.05) is 25.1 Å². The van der Waals surface area contributed by atoms with E-state index in [2.05, 4.69) is 10.1 Å². The van der Waals surface area contributed by atoms with Gasteiger partial charge in [-0.3, -0.25) is 14.6 Å². The van der Waals surface area contributed by atoms with Crippen molar-refractivity contribution in [3.8, 4) is 11.3 Å². The van der Waals surface area contributed by atoms with E-state index >= 15 is 0 Å². The maximum absolute atomic E-state index is 13.1. The second-order valence-corrected chi connectivity index (χ2v) is 8.13. The van der Waals surface area contributed by atoms with Crippen LogP contribution in [0, 0.1) is 0 Å². The minimum atomic E-state index is -0.687. The van der Waals surface area contributed by atoms with Gasteiger partial charge in [0.25, 0.3) is 6.17 Å². The third-order valence-electron chi connectivity index (χ3n) is 5.01. The number of anilines is 1. The average molecular weight is 438 g/mol. The van der Waals surface area contributed by atoms with E-state index < -0.39 is 12.1 Å². The smallest absolute Gasteiger partial charge is 0.337 e. The highest BCUT2D eigenvalue weighted by atomic mass is 32.2. The number of aromatic nitrogens is 3. The zero-order valence-corrected chi connectivity index (χ0v) is 18.1. The molecule has 1 N–H and O–H groups in total. The number of nitrogens with one attached hydrogen (secondary N) is 1. The van der Waals surface area contributed by atoms with Gasteiger partial charge in [-0.05, 0) is 46.8 Å². The second kappa shape index (κ2) is 8.35. The molecule has 8 nitrogen and oxygen atoms in total. The Hall–Kier alpha value is -3.46. The number of para-hydroxylation sites is 1. The number of esters is 1. The van der Waals surface area contributed by atoms with Crippen LogP contribution < -0.4 is 15.1 Å². The first-order valence-corrected chi connectivity index (χ1v) is 10.7. The number of thioether (sulfide) groups is 1. The highest BCUT2D eigenvalue weighted by Gasteiger charge is 2.44. The molecule has 31 heavy (non-hydrogen) atoms. The first-order chi connectivity index (χ1) is 15.0. The van der Waals surface area contributed by atoms with Gasteiger partial charge in [-0.15, -0.1) is 0 Å².